The van der Waals surface area contributed by atoms with Gasteiger partial charge in [0.25, 0.3) is 0 Å². The first-order valence-corrected chi connectivity index (χ1v) is 6.35. The van der Waals surface area contributed by atoms with Crippen molar-refractivity contribution in [2.75, 3.05) is 7.11 Å². The number of aromatic nitrogens is 1. The molecule has 3 nitrogen and oxygen atoms in total. The molecule has 0 radical (unpaired) electrons. The van der Waals surface area contributed by atoms with E-state index < -0.39 is 5.97 Å². The lowest BCUT2D eigenvalue weighted by molar-refractivity contribution is 0.0600. The average molecular weight is 317 g/mol. The summed E-state index contributed by atoms with van der Waals surface area (Å²) in [5, 5.41) is 1.13. The van der Waals surface area contributed by atoms with Crippen LogP contribution in [0.4, 0.5) is 0 Å². The average Bonchev–Trinajstić information content (AvgIpc) is 2.42. The summed E-state index contributed by atoms with van der Waals surface area (Å²) in [4.78, 5) is 15.6. The fourth-order valence-electron chi connectivity index (χ4n) is 1.54. The number of carbonyl (C=O) groups is 1. The molecule has 6 heteroatoms. The highest BCUT2D eigenvalue weighted by Gasteiger charge is 2.12. The second-order valence-electron chi connectivity index (χ2n) is 3.67. The minimum Gasteiger partial charge on any atom is -0.465 e. The first kappa shape index (κ1) is 14.1. The zero-order chi connectivity index (χ0) is 14.0. The van der Waals surface area contributed by atoms with E-state index in [1.54, 1.807) is 18.2 Å². The molecule has 1 heterocycles. The molecular weight excluding hydrogens is 309 g/mol. The first-order valence-electron chi connectivity index (χ1n) is 5.22. The zero-order valence-electron chi connectivity index (χ0n) is 9.78. The van der Waals surface area contributed by atoms with Gasteiger partial charge in [0.15, 0.2) is 0 Å². The van der Waals surface area contributed by atoms with Gasteiger partial charge in [-0.05, 0) is 24.3 Å². The zero-order valence-corrected chi connectivity index (χ0v) is 12.1. The smallest absolute Gasteiger partial charge is 0.337 e. The van der Waals surface area contributed by atoms with Crippen molar-refractivity contribution in [2.24, 2.45) is 0 Å². The fourth-order valence-corrected chi connectivity index (χ4v) is 2.19. The third-order valence-corrected chi connectivity index (χ3v) is 3.50. The maximum absolute atomic E-state index is 11.5. The van der Waals surface area contributed by atoms with Crippen LogP contribution in [-0.4, -0.2) is 18.1 Å². The van der Waals surface area contributed by atoms with Gasteiger partial charge in [0.05, 0.1) is 33.4 Å². The first-order chi connectivity index (χ1) is 9.02. The number of methoxy groups -OCH3 is 1. The SMILES string of the molecule is COC(=O)c1ccnc(-c2cc(Cl)c(Cl)cc2Cl)c1. The topological polar surface area (TPSA) is 39.2 Å². The van der Waals surface area contributed by atoms with Crippen LogP contribution in [0.15, 0.2) is 30.5 Å². The molecule has 0 N–H and O–H groups in total. The van der Waals surface area contributed by atoms with E-state index >= 15 is 0 Å². The highest BCUT2D eigenvalue weighted by atomic mass is 35.5. The quantitative estimate of drug-likeness (QED) is 0.605. The predicted molar refractivity (Wildman–Crippen MR) is 76.0 cm³/mol. The van der Waals surface area contributed by atoms with Gasteiger partial charge in [-0.15, -0.1) is 0 Å². The molecule has 2 rings (SSSR count). The van der Waals surface area contributed by atoms with Gasteiger partial charge in [-0.1, -0.05) is 34.8 Å². The molecule has 0 bridgehead atoms. The third kappa shape index (κ3) is 3.00. The summed E-state index contributed by atoms with van der Waals surface area (Å²) in [6.45, 7) is 0. The minimum atomic E-state index is -0.445. The fraction of sp³-hybridized carbons (Fsp3) is 0.0769. The van der Waals surface area contributed by atoms with Crippen LogP contribution in [0.1, 0.15) is 10.4 Å². The molecule has 1 aromatic heterocycles. The van der Waals surface area contributed by atoms with Gasteiger partial charge in [-0.3, -0.25) is 4.98 Å². The van der Waals surface area contributed by atoms with Crippen molar-refractivity contribution in [3.63, 3.8) is 0 Å². The van der Waals surface area contributed by atoms with Crippen molar-refractivity contribution in [3.8, 4) is 11.3 Å². The largest absolute Gasteiger partial charge is 0.465 e. The molecule has 0 aliphatic heterocycles. The number of ether oxygens (including phenoxy) is 1. The molecule has 0 saturated carbocycles. The van der Waals surface area contributed by atoms with Crippen LogP contribution in [0, 0.1) is 0 Å². The van der Waals surface area contributed by atoms with E-state index in [1.165, 1.54) is 19.4 Å². The summed E-state index contributed by atoms with van der Waals surface area (Å²) < 4.78 is 4.65. The van der Waals surface area contributed by atoms with Crippen LogP contribution >= 0.6 is 34.8 Å². The Morgan fingerprint density at radius 3 is 2.47 bits per heavy atom. The highest BCUT2D eigenvalue weighted by Crippen LogP contribution is 2.34. The van der Waals surface area contributed by atoms with Gasteiger partial charge in [-0.2, -0.15) is 0 Å². The Hall–Kier alpha value is -1.29. The van der Waals surface area contributed by atoms with Gasteiger partial charge in [0, 0.05) is 11.8 Å². The van der Waals surface area contributed by atoms with E-state index in [9.17, 15) is 4.79 Å². The van der Waals surface area contributed by atoms with Crippen molar-refractivity contribution in [1.82, 2.24) is 4.98 Å². The molecular formula is C13H8Cl3NO2. The van der Waals surface area contributed by atoms with Crippen LogP contribution in [0.2, 0.25) is 15.1 Å². The number of rotatable bonds is 2. The standard InChI is InChI=1S/C13H8Cl3NO2/c1-19-13(18)7-2-3-17-12(4-7)8-5-10(15)11(16)6-9(8)14/h2-6H,1H3. The lowest BCUT2D eigenvalue weighted by Crippen LogP contribution is -2.01. The van der Waals surface area contributed by atoms with Gasteiger partial charge < -0.3 is 4.74 Å². The molecule has 1 aromatic carbocycles. The van der Waals surface area contributed by atoms with Crippen molar-refractivity contribution < 1.29 is 9.53 Å². The van der Waals surface area contributed by atoms with Crippen LogP contribution in [0.3, 0.4) is 0 Å². The number of carbonyl (C=O) groups excluding carboxylic acids is 1. The molecule has 2 aromatic rings. The van der Waals surface area contributed by atoms with Gasteiger partial charge in [0.1, 0.15) is 0 Å². The summed E-state index contributed by atoms with van der Waals surface area (Å²) in [6, 6.07) is 6.28. The minimum absolute atomic E-state index is 0.361. The van der Waals surface area contributed by atoms with E-state index in [2.05, 4.69) is 9.72 Å². The number of benzene rings is 1. The summed E-state index contributed by atoms with van der Waals surface area (Å²) in [5.41, 5.74) is 1.50. The molecule has 19 heavy (non-hydrogen) atoms. The summed E-state index contributed by atoms with van der Waals surface area (Å²) in [6.07, 6.45) is 1.50. The van der Waals surface area contributed by atoms with Crippen molar-refractivity contribution in [3.05, 3.63) is 51.1 Å². The van der Waals surface area contributed by atoms with E-state index in [-0.39, 0.29) is 0 Å². The van der Waals surface area contributed by atoms with Gasteiger partial charge >= 0.3 is 5.97 Å². The molecule has 0 atom stereocenters. The van der Waals surface area contributed by atoms with Crippen molar-refractivity contribution in [1.29, 1.82) is 0 Å². The Bertz CT molecular complexity index is 644. The molecule has 0 saturated heterocycles. The molecule has 0 unspecified atom stereocenters. The normalized spacial score (nSPS) is 10.3. The van der Waals surface area contributed by atoms with Gasteiger partial charge in [-0.25, -0.2) is 4.79 Å². The number of hydrogen-bond donors (Lipinski definition) is 0. The Morgan fingerprint density at radius 2 is 1.79 bits per heavy atom. The molecule has 98 valence electrons. The summed E-state index contributed by atoms with van der Waals surface area (Å²) >= 11 is 17.9. The number of nitrogens with zero attached hydrogens (tertiary/aromatic N) is 1. The van der Waals surface area contributed by atoms with E-state index in [0.29, 0.717) is 31.9 Å². The Balaban J connectivity index is 2.53. The van der Waals surface area contributed by atoms with Crippen molar-refractivity contribution >= 4 is 40.8 Å². The van der Waals surface area contributed by atoms with E-state index in [0.717, 1.165) is 0 Å². The maximum Gasteiger partial charge on any atom is 0.337 e. The Labute approximate surface area is 125 Å². The second kappa shape index (κ2) is 5.78. The Morgan fingerprint density at radius 1 is 1.11 bits per heavy atom. The third-order valence-electron chi connectivity index (χ3n) is 2.47. The lowest BCUT2D eigenvalue weighted by Gasteiger charge is -2.07. The van der Waals surface area contributed by atoms with Crippen LogP contribution in [0.25, 0.3) is 11.3 Å². The summed E-state index contributed by atoms with van der Waals surface area (Å²) in [7, 11) is 1.31. The number of hydrogen-bond acceptors (Lipinski definition) is 3. The Kier molecular flexibility index (Phi) is 4.30. The molecule has 0 aliphatic carbocycles. The monoisotopic (exact) mass is 315 g/mol. The number of esters is 1. The van der Waals surface area contributed by atoms with Crippen LogP contribution < -0.4 is 0 Å². The molecule has 0 amide bonds. The second-order valence-corrected chi connectivity index (χ2v) is 4.89. The molecule has 0 spiro atoms. The van der Waals surface area contributed by atoms with Crippen molar-refractivity contribution in [2.45, 2.75) is 0 Å². The van der Waals surface area contributed by atoms with Gasteiger partial charge in [0.2, 0.25) is 0 Å². The number of halogens is 3. The van der Waals surface area contributed by atoms with Crippen LogP contribution in [0.5, 0.6) is 0 Å². The maximum atomic E-state index is 11.5. The van der Waals surface area contributed by atoms with E-state index in [1.807, 2.05) is 0 Å². The predicted octanol–water partition coefficient (Wildman–Crippen LogP) is 4.50. The highest BCUT2D eigenvalue weighted by molar-refractivity contribution is 6.44. The summed E-state index contributed by atoms with van der Waals surface area (Å²) in [5.74, 6) is -0.445. The molecule has 0 aliphatic rings. The lowest BCUT2D eigenvalue weighted by atomic mass is 10.1. The van der Waals surface area contributed by atoms with E-state index in [4.69, 9.17) is 34.8 Å². The van der Waals surface area contributed by atoms with Crippen LogP contribution in [-0.2, 0) is 4.74 Å². The molecule has 0 fully saturated rings. The number of pyridine rings is 1.